The fourth-order valence-corrected chi connectivity index (χ4v) is 4.94. The second-order valence-corrected chi connectivity index (χ2v) is 8.84. The van der Waals surface area contributed by atoms with E-state index in [1.165, 1.54) is 29.6 Å². The quantitative estimate of drug-likeness (QED) is 0.678. The fraction of sp³-hybridized carbons (Fsp3) is 0.611. The smallest absolute Gasteiger partial charge is 0.243 e. The first kappa shape index (κ1) is 21.0. The molecule has 1 amide bonds. The highest BCUT2D eigenvalue weighted by molar-refractivity contribution is 7.89. The van der Waals surface area contributed by atoms with Crippen LogP contribution >= 0.6 is 11.6 Å². The van der Waals surface area contributed by atoms with Gasteiger partial charge < -0.3 is 10.1 Å². The Bertz CT molecular complexity index is 724. The van der Waals surface area contributed by atoms with Crippen molar-refractivity contribution >= 4 is 27.5 Å². The highest BCUT2D eigenvalue weighted by atomic mass is 35.5. The summed E-state index contributed by atoms with van der Waals surface area (Å²) < 4.78 is 32.3. The molecule has 0 aromatic heterocycles. The van der Waals surface area contributed by atoms with Crippen molar-refractivity contribution in [1.29, 1.82) is 0 Å². The van der Waals surface area contributed by atoms with Gasteiger partial charge in [0.15, 0.2) is 0 Å². The molecule has 1 N–H and O–H groups in total. The van der Waals surface area contributed by atoms with Crippen LogP contribution in [0.15, 0.2) is 23.1 Å². The Kier molecular flexibility index (Phi) is 7.73. The monoisotopic (exact) mass is 402 g/mol. The number of nitrogens with zero attached hydrogens (tertiary/aromatic N) is 1. The van der Waals surface area contributed by atoms with E-state index in [1.54, 1.807) is 0 Å². The molecule has 8 heteroatoms. The normalized spacial score (nSPS) is 18.5. The first-order valence-corrected chi connectivity index (χ1v) is 10.8. The summed E-state index contributed by atoms with van der Waals surface area (Å²) in [6.45, 7) is 3.36. The molecule has 1 aromatic carbocycles. The highest BCUT2D eigenvalue weighted by Crippen LogP contribution is 2.30. The fourth-order valence-electron chi connectivity index (χ4n) is 3.06. The van der Waals surface area contributed by atoms with Crippen LogP contribution in [-0.2, 0) is 14.8 Å². The van der Waals surface area contributed by atoms with Crippen molar-refractivity contribution in [2.24, 2.45) is 5.92 Å². The molecule has 1 aliphatic heterocycles. The van der Waals surface area contributed by atoms with E-state index in [2.05, 4.69) is 12.2 Å². The Morgan fingerprint density at radius 1 is 1.38 bits per heavy atom. The minimum absolute atomic E-state index is 0.0613. The molecule has 26 heavy (non-hydrogen) atoms. The van der Waals surface area contributed by atoms with E-state index >= 15 is 0 Å². The van der Waals surface area contributed by atoms with Crippen LogP contribution in [0, 0.1) is 5.92 Å². The first-order chi connectivity index (χ1) is 12.4. The van der Waals surface area contributed by atoms with Crippen molar-refractivity contribution in [3.05, 3.63) is 23.2 Å². The third-order valence-electron chi connectivity index (χ3n) is 4.60. The Balaban J connectivity index is 2.05. The number of hydrogen-bond acceptors (Lipinski definition) is 4. The van der Waals surface area contributed by atoms with Crippen LogP contribution in [0.1, 0.15) is 39.0 Å². The molecule has 0 radical (unpaired) electrons. The minimum Gasteiger partial charge on any atom is -0.495 e. The van der Waals surface area contributed by atoms with Gasteiger partial charge in [-0.15, -0.1) is 0 Å². The summed E-state index contributed by atoms with van der Waals surface area (Å²) >= 11 is 6.06. The number of halogens is 1. The summed E-state index contributed by atoms with van der Waals surface area (Å²) in [7, 11) is -2.22. The Labute approximate surface area is 160 Å². The number of amides is 1. The van der Waals surface area contributed by atoms with Crippen LogP contribution in [0.25, 0.3) is 0 Å². The van der Waals surface area contributed by atoms with Gasteiger partial charge in [0.2, 0.25) is 15.9 Å². The van der Waals surface area contributed by atoms with Gasteiger partial charge in [-0.05, 0) is 37.5 Å². The molecule has 1 fully saturated rings. The Hall–Kier alpha value is -1.31. The average molecular weight is 403 g/mol. The molecule has 1 aliphatic rings. The molecule has 1 unspecified atom stereocenters. The number of hydrogen-bond donors (Lipinski definition) is 1. The highest BCUT2D eigenvalue weighted by Gasteiger charge is 2.33. The average Bonchev–Trinajstić information content (AvgIpc) is 2.65. The third kappa shape index (κ3) is 5.11. The lowest BCUT2D eigenvalue weighted by Crippen LogP contribution is -2.45. The zero-order chi connectivity index (χ0) is 19.2. The molecule has 6 nitrogen and oxygen atoms in total. The van der Waals surface area contributed by atoms with Gasteiger partial charge in [0.1, 0.15) is 5.75 Å². The molecular weight excluding hydrogens is 376 g/mol. The predicted molar refractivity (Wildman–Crippen MR) is 102 cm³/mol. The van der Waals surface area contributed by atoms with Gasteiger partial charge in [0, 0.05) is 19.6 Å². The van der Waals surface area contributed by atoms with E-state index in [0.29, 0.717) is 31.7 Å². The van der Waals surface area contributed by atoms with Gasteiger partial charge in [-0.3, -0.25) is 4.79 Å². The zero-order valence-electron chi connectivity index (χ0n) is 15.3. The van der Waals surface area contributed by atoms with Crippen LogP contribution in [0.4, 0.5) is 0 Å². The van der Waals surface area contributed by atoms with Crippen molar-refractivity contribution < 1.29 is 17.9 Å². The van der Waals surface area contributed by atoms with Crippen LogP contribution < -0.4 is 10.1 Å². The van der Waals surface area contributed by atoms with Crippen molar-refractivity contribution in [2.75, 3.05) is 26.7 Å². The maximum atomic E-state index is 12.9. The van der Waals surface area contributed by atoms with Crippen molar-refractivity contribution in [1.82, 2.24) is 9.62 Å². The first-order valence-electron chi connectivity index (χ1n) is 9.01. The van der Waals surface area contributed by atoms with Gasteiger partial charge in [-0.1, -0.05) is 31.4 Å². The molecule has 1 saturated heterocycles. The number of rotatable bonds is 8. The topological polar surface area (TPSA) is 75.7 Å². The Morgan fingerprint density at radius 3 is 2.81 bits per heavy atom. The number of nitrogens with one attached hydrogen (secondary N) is 1. The maximum absolute atomic E-state index is 12.9. The minimum atomic E-state index is -3.69. The lowest BCUT2D eigenvalue weighted by Gasteiger charge is -2.31. The predicted octanol–water partition coefficient (Wildman–Crippen LogP) is 3.06. The SMILES string of the molecule is CCCCCNC(=O)C1CCCN(S(=O)(=O)c2ccc(OC)c(Cl)c2)C1. The Morgan fingerprint density at radius 2 is 2.15 bits per heavy atom. The largest absolute Gasteiger partial charge is 0.495 e. The summed E-state index contributed by atoms with van der Waals surface area (Å²) in [5, 5.41) is 3.17. The van der Waals surface area contributed by atoms with Crippen LogP contribution in [0.2, 0.25) is 5.02 Å². The number of carbonyl (C=O) groups is 1. The van der Waals surface area contributed by atoms with Gasteiger partial charge in [-0.2, -0.15) is 4.31 Å². The second kappa shape index (κ2) is 9.58. The van der Waals surface area contributed by atoms with Gasteiger partial charge in [0.25, 0.3) is 0 Å². The zero-order valence-corrected chi connectivity index (χ0v) is 16.9. The summed E-state index contributed by atoms with van der Waals surface area (Å²) in [5.74, 6) is 0.0521. The summed E-state index contributed by atoms with van der Waals surface area (Å²) in [4.78, 5) is 12.5. The number of carbonyl (C=O) groups excluding carboxylic acids is 1. The number of sulfonamides is 1. The van der Waals surface area contributed by atoms with Crippen molar-refractivity contribution in [3.63, 3.8) is 0 Å². The van der Waals surface area contributed by atoms with Crippen LogP contribution in [0.3, 0.4) is 0 Å². The molecule has 0 bridgehead atoms. The van der Waals surface area contributed by atoms with E-state index in [1.807, 2.05) is 0 Å². The van der Waals surface area contributed by atoms with Gasteiger partial charge in [0.05, 0.1) is 22.9 Å². The van der Waals surface area contributed by atoms with E-state index in [0.717, 1.165) is 19.3 Å². The summed E-state index contributed by atoms with van der Waals surface area (Å²) in [6, 6.07) is 4.41. The third-order valence-corrected chi connectivity index (χ3v) is 6.75. The van der Waals surface area contributed by atoms with Crippen LogP contribution in [0.5, 0.6) is 5.75 Å². The molecule has 0 spiro atoms. The standard InChI is InChI=1S/C18H27ClN2O4S/c1-3-4-5-10-20-18(22)14-7-6-11-21(13-14)26(23,24)15-8-9-17(25-2)16(19)12-15/h8-9,12,14H,3-7,10-11,13H2,1-2H3,(H,20,22). The number of unbranched alkanes of at least 4 members (excludes halogenated alkanes) is 2. The van der Waals surface area contributed by atoms with E-state index < -0.39 is 10.0 Å². The molecule has 2 rings (SSSR count). The maximum Gasteiger partial charge on any atom is 0.243 e. The summed E-state index contributed by atoms with van der Waals surface area (Å²) in [5.41, 5.74) is 0. The van der Waals surface area contributed by atoms with E-state index in [4.69, 9.17) is 16.3 Å². The number of benzene rings is 1. The molecule has 146 valence electrons. The van der Waals surface area contributed by atoms with Gasteiger partial charge >= 0.3 is 0 Å². The molecule has 0 saturated carbocycles. The summed E-state index contributed by atoms with van der Waals surface area (Å²) in [6.07, 6.45) is 4.48. The lowest BCUT2D eigenvalue weighted by molar-refractivity contribution is -0.126. The van der Waals surface area contributed by atoms with Gasteiger partial charge in [-0.25, -0.2) is 8.42 Å². The van der Waals surface area contributed by atoms with E-state index in [9.17, 15) is 13.2 Å². The van der Waals surface area contributed by atoms with E-state index in [-0.39, 0.29) is 28.3 Å². The van der Waals surface area contributed by atoms with Crippen molar-refractivity contribution in [2.45, 2.75) is 43.9 Å². The molecular formula is C18H27ClN2O4S. The van der Waals surface area contributed by atoms with Crippen LogP contribution in [-0.4, -0.2) is 45.4 Å². The second-order valence-electron chi connectivity index (χ2n) is 6.50. The number of piperidine rings is 1. The number of ether oxygens (including phenoxy) is 1. The molecule has 0 aliphatic carbocycles. The lowest BCUT2D eigenvalue weighted by atomic mass is 9.99. The van der Waals surface area contributed by atoms with Crippen molar-refractivity contribution in [3.8, 4) is 5.75 Å². The number of methoxy groups -OCH3 is 1. The molecule has 1 heterocycles. The molecule has 1 aromatic rings. The molecule has 1 atom stereocenters.